The first-order chi connectivity index (χ1) is 29.7. The molecule has 0 saturated carbocycles. The molecule has 0 fully saturated rings. The second-order valence-corrected chi connectivity index (χ2v) is 14.5. The Morgan fingerprint density at radius 2 is 0.919 bits per heavy atom. The summed E-state index contributed by atoms with van der Waals surface area (Å²) in [4.78, 5) is 52.4. The van der Waals surface area contributed by atoms with Crippen LogP contribution in [0.2, 0.25) is 0 Å². The molecule has 4 aromatic carbocycles. The van der Waals surface area contributed by atoms with Gasteiger partial charge in [0.05, 0.1) is 50.0 Å². The number of aromatic hydroxyl groups is 2. The van der Waals surface area contributed by atoms with Gasteiger partial charge in [-0.05, 0) is 111 Å². The number of carbonyl (C=O) groups excluding carboxylic acids is 2. The number of hydrogen-bond acceptors (Lipinski definition) is 12. The van der Waals surface area contributed by atoms with Crippen LogP contribution in [0.4, 0.5) is 21.0 Å². The summed E-state index contributed by atoms with van der Waals surface area (Å²) in [5.41, 5.74) is 1.28. The molecule has 0 radical (unpaired) electrons. The normalized spacial score (nSPS) is 13.4. The Kier molecular flexibility index (Phi) is 18.0. The van der Waals surface area contributed by atoms with Crippen molar-refractivity contribution in [3.63, 3.8) is 0 Å². The van der Waals surface area contributed by atoms with Crippen molar-refractivity contribution in [2.24, 2.45) is 0 Å². The Hall–Kier alpha value is -6.78. The van der Waals surface area contributed by atoms with Gasteiger partial charge >= 0.3 is 24.1 Å². The van der Waals surface area contributed by atoms with Gasteiger partial charge in [0.15, 0.2) is 0 Å². The third-order valence-electron chi connectivity index (χ3n) is 10.1. The SMILES string of the molecule is CCOC(=O)Nc1cc(C(CNC(C)Cc2ccc(OC)cc2)/C(C(=O)O)=C(\C(=O)O)C(CNC(C)Cc2ccc(OC)cc2)c2ccc(O)c(NC(=O)OCC)c2)ccc1O. The molecular weight excluding hydrogens is 801 g/mol. The molecule has 0 aliphatic heterocycles. The fraction of sp³-hybridized carbons (Fsp3) is 0.348. The van der Waals surface area contributed by atoms with Gasteiger partial charge in [0.2, 0.25) is 0 Å². The summed E-state index contributed by atoms with van der Waals surface area (Å²) < 4.78 is 20.6. The highest BCUT2D eigenvalue weighted by Crippen LogP contribution is 2.39. The number of benzene rings is 4. The van der Waals surface area contributed by atoms with E-state index in [1.54, 1.807) is 28.1 Å². The molecule has 62 heavy (non-hydrogen) atoms. The highest BCUT2D eigenvalue weighted by molar-refractivity contribution is 6.01. The molecule has 4 atom stereocenters. The molecule has 0 saturated heterocycles. The minimum absolute atomic E-state index is 0.0429. The van der Waals surface area contributed by atoms with Crippen LogP contribution in [0.5, 0.6) is 23.0 Å². The molecule has 16 heteroatoms. The zero-order valence-corrected chi connectivity index (χ0v) is 35.7. The van der Waals surface area contributed by atoms with Gasteiger partial charge in [-0.25, -0.2) is 19.2 Å². The number of ether oxygens (including phenoxy) is 4. The Morgan fingerprint density at radius 3 is 1.23 bits per heavy atom. The second-order valence-electron chi connectivity index (χ2n) is 14.5. The third kappa shape index (κ3) is 13.6. The van der Waals surface area contributed by atoms with E-state index in [0.717, 1.165) is 11.1 Å². The minimum atomic E-state index is -1.54. The fourth-order valence-corrected chi connectivity index (χ4v) is 6.99. The number of amides is 2. The highest BCUT2D eigenvalue weighted by Gasteiger charge is 2.35. The number of carboxylic acids is 2. The van der Waals surface area contributed by atoms with E-state index in [2.05, 4.69) is 21.3 Å². The largest absolute Gasteiger partial charge is 0.506 e. The summed E-state index contributed by atoms with van der Waals surface area (Å²) >= 11 is 0. The average Bonchev–Trinajstić information content (AvgIpc) is 3.23. The van der Waals surface area contributed by atoms with Crippen molar-refractivity contribution < 1.29 is 58.6 Å². The molecule has 16 nitrogen and oxygen atoms in total. The van der Waals surface area contributed by atoms with Crippen LogP contribution in [0.15, 0.2) is 96.1 Å². The van der Waals surface area contributed by atoms with Crippen molar-refractivity contribution in [3.05, 3.63) is 118 Å². The molecule has 0 aliphatic rings. The molecule has 0 bridgehead atoms. The molecular formula is C46H56N4O12. The van der Waals surface area contributed by atoms with E-state index in [1.165, 1.54) is 36.4 Å². The van der Waals surface area contributed by atoms with Crippen LogP contribution in [-0.4, -0.2) is 97.2 Å². The van der Waals surface area contributed by atoms with Crippen molar-refractivity contribution in [1.29, 1.82) is 0 Å². The van der Waals surface area contributed by atoms with Crippen molar-refractivity contribution in [3.8, 4) is 23.0 Å². The maximum absolute atomic E-state index is 13.7. The lowest BCUT2D eigenvalue weighted by molar-refractivity contribution is -0.136. The van der Waals surface area contributed by atoms with Crippen LogP contribution < -0.4 is 30.7 Å². The first-order valence-electron chi connectivity index (χ1n) is 20.1. The average molecular weight is 857 g/mol. The summed E-state index contributed by atoms with van der Waals surface area (Å²) in [6.45, 7) is 6.91. The number of phenolic OH excluding ortho intramolecular Hbond substituents is 2. The van der Waals surface area contributed by atoms with Gasteiger partial charge in [0, 0.05) is 37.0 Å². The standard InChI is InChI=1S/C46H56N4O12/c1-7-61-45(57)49-37-23-31(13-19-39(37)51)35(25-47-27(3)21-29-9-15-33(59-5)16-10-29)41(43(53)54)42(44(55)56)36(26-48-28(4)22-30-11-17-34(60-6)18-12-30)32-14-20-40(52)38(24-32)50-46(58)62-8-2/h9-20,23-24,27-28,35-36,47-48,51-52H,7-8,21-22,25-26H2,1-6H3,(H,49,57)(H,50,58)(H,53,54)(H,55,56)/b42-41+. The number of nitrogens with one attached hydrogen (secondary N) is 4. The summed E-state index contributed by atoms with van der Waals surface area (Å²) in [6, 6.07) is 22.6. The lowest BCUT2D eigenvalue weighted by Crippen LogP contribution is -2.37. The quantitative estimate of drug-likeness (QED) is 0.0293. The number of carboxylic acid groups (broad SMARTS) is 2. The van der Waals surface area contributed by atoms with E-state index >= 15 is 0 Å². The molecule has 0 heterocycles. The molecule has 0 aliphatic carbocycles. The number of carbonyl (C=O) groups is 4. The number of anilines is 2. The van der Waals surface area contributed by atoms with Gasteiger partial charge in [-0.3, -0.25) is 10.6 Å². The number of rotatable bonds is 22. The number of phenols is 2. The molecule has 4 unspecified atom stereocenters. The van der Waals surface area contributed by atoms with E-state index in [9.17, 15) is 39.6 Å². The topological polar surface area (TPSA) is 234 Å². The Balaban J connectivity index is 1.89. The van der Waals surface area contributed by atoms with E-state index < -0.39 is 47.1 Å². The van der Waals surface area contributed by atoms with Crippen LogP contribution in [0.25, 0.3) is 0 Å². The summed E-state index contributed by atoms with van der Waals surface area (Å²) in [7, 11) is 3.14. The Labute approximate surface area is 360 Å². The van der Waals surface area contributed by atoms with Crippen molar-refractivity contribution in [2.45, 2.75) is 64.5 Å². The van der Waals surface area contributed by atoms with Gasteiger partial charge in [-0.2, -0.15) is 0 Å². The smallest absolute Gasteiger partial charge is 0.411 e. The van der Waals surface area contributed by atoms with Crippen molar-refractivity contribution in [2.75, 3.05) is 51.2 Å². The molecule has 0 aromatic heterocycles. The van der Waals surface area contributed by atoms with Crippen molar-refractivity contribution >= 4 is 35.5 Å². The second kappa shape index (κ2) is 23.3. The van der Waals surface area contributed by atoms with Crippen LogP contribution in [0, 0.1) is 0 Å². The first kappa shape index (κ1) is 47.9. The van der Waals surface area contributed by atoms with Crippen LogP contribution in [-0.2, 0) is 31.9 Å². The number of hydrogen-bond donors (Lipinski definition) is 8. The van der Waals surface area contributed by atoms with Crippen molar-refractivity contribution in [1.82, 2.24) is 10.6 Å². The molecule has 0 spiro atoms. The fourth-order valence-electron chi connectivity index (χ4n) is 6.99. The molecule has 8 N–H and O–H groups in total. The highest BCUT2D eigenvalue weighted by atomic mass is 16.6. The third-order valence-corrected chi connectivity index (χ3v) is 10.1. The summed E-state index contributed by atoms with van der Waals surface area (Å²) in [5, 5.41) is 55.5. The molecule has 4 rings (SSSR count). The first-order valence-corrected chi connectivity index (χ1v) is 20.1. The maximum Gasteiger partial charge on any atom is 0.411 e. The molecule has 332 valence electrons. The van der Waals surface area contributed by atoms with Gasteiger partial charge in [-0.15, -0.1) is 0 Å². The zero-order chi connectivity index (χ0) is 45.3. The minimum Gasteiger partial charge on any atom is -0.506 e. The number of aliphatic carboxylic acids is 2. The van der Waals surface area contributed by atoms with E-state index in [0.29, 0.717) is 24.3 Å². The predicted molar refractivity (Wildman–Crippen MR) is 234 cm³/mol. The monoisotopic (exact) mass is 856 g/mol. The predicted octanol–water partition coefficient (Wildman–Crippen LogP) is 7.03. The van der Waals surface area contributed by atoms with E-state index in [1.807, 2.05) is 62.4 Å². The number of methoxy groups -OCH3 is 2. The van der Waals surface area contributed by atoms with E-state index in [4.69, 9.17) is 18.9 Å². The summed E-state index contributed by atoms with van der Waals surface area (Å²) in [6.07, 6.45) is -0.695. The zero-order valence-electron chi connectivity index (χ0n) is 35.7. The summed E-state index contributed by atoms with van der Waals surface area (Å²) in [5.74, 6) is -4.78. The maximum atomic E-state index is 13.7. The lowest BCUT2D eigenvalue weighted by Gasteiger charge is -2.28. The van der Waals surface area contributed by atoms with Gasteiger partial charge in [0.1, 0.15) is 23.0 Å². The van der Waals surface area contributed by atoms with Crippen LogP contribution >= 0.6 is 0 Å². The van der Waals surface area contributed by atoms with Crippen LogP contribution in [0.1, 0.15) is 61.8 Å². The van der Waals surface area contributed by atoms with E-state index in [-0.39, 0.29) is 72.4 Å². The van der Waals surface area contributed by atoms with Gasteiger partial charge in [0.25, 0.3) is 0 Å². The Bertz CT molecular complexity index is 2020. The van der Waals surface area contributed by atoms with Gasteiger partial charge < -0.3 is 50.0 Å². The molecule has 2 amide bonds. The molecule has 4 aromatic rings. The van der Waals surface area contributed by atoms with Gasteiger partial charge in [-0.1, -0.05) is 36.4 Å². The Morgan fingerprint density at radius 1 is 0.565 bits per heavy atom. The lowest BCUT2D eigenvalue weighted by atomic mass is 9.80. The van der Waals surface area contributed by atoms with Crippen LogP contribution in [0.3, 0.4) is 0 Å².